The van der Waals surface area contributed by atoms with E-state index in [1.165, 1.54) is 12.4 Å². The zero-order valence-corrected chi connectivity index (χ0v) is 23.3. The molecule has 3 aromatic carbocycles. The van der Waals surface area contributed by atoms with Crippen molar-refractivity contribution < 1.29 is 24.1 Å². The number of aliphatic hydroxyl groups is 1. The molecule has 0 spiro atoms. The number of amides is 1. The van der Waals surface area contributed by atoms with Crippen LogP contribution in [-0.2, 0) is 27.4 Å². The van der Waals surface area contributed by atoms with Gasteiger partial charge in [0.1, 0.15) is 12.9 Å². The summed E-state index contributed by atoms with van der Waals surface area (Å²) in [6.07, 6.45) is 2.37. The highest BCUT2D eigenvalue weighted by atomic mass is 32.2. The lowest BCUT2D eigenvalue weighted by atomic mass is 9.99. The SMILES string of the molecule is C=CCOC(=O)NCc1cccc(-c2cccc(C3OC(CSc4ncn[nH]4)CC(c4ccc(CO)cc4)O3)c2)c1. The van der Waals surface area contributed by atoms with E-state index in [0.29, 0.717) is 18.7 Å². The van der Waals surface area contributed by atoms with Crippen molar-refractivity contribution >= 4 is 17.9 Å². The zero-order chi connectivity index (χ0) is 28.4. The first-order valence-corrected chi connectivity index (χ1v) is 14.3. The lowest BCUT2D eigenvalue weighted by Gasteiger charge is -2.36. The van der Waals surface area contributed by atoms with E-state index in [2.05, 4.69) is 33.1 Å². The number of hydrogen-bond donors (Lipinski definition) is 3. The van der Waals surface area contributed by atoms with Crippen LogP contribution in [0.3, 0.4) is 0 Å². The van der Waals surface area contributed by atoms with Crippen molar-refractivity contribution in [2.75, 3.05) is 12.4 Å². The largest absolute Gasteiger partial charge is 0.445 e. The van der Waals surface area contributed by atoms with E-state index in [0.717, 1.165) is 38.5 Å². The van der Waals surface area contributed by atoms with Gasteiger partial charge < -0.3 is 24.6 Å². The van der Waals surface area contributed by atoms with E-state index in [4.69, 9.17) is 14.2 Å². The van der Waals surface area contributed by atoms with Gasteiger partial charge in [0.15, 0.2) is 11.4 Å². The summed E-state index contributed by atoms with van der Waals surface area (Å²) in [5.74, 6) is 0.685. The Balaban J connectivity index is 1.33. The molecule has 10 heteroatoms. The molecule has 0 saturated carbocycles. The van der Waals surface area contributed by atoms with E-state index in [1.807, 2.05) is 66.7 Å². The summed E-state index contributed by atoms with van der Waals surface area (Å²) in [5.41, 5.74) is 5.76. The minimum absolute atomic E-state index is 0.00254. The molecule has 1 aliphatic heterocycles. The average molecular weight is 573 g/mol. The third kappa shape index (κ3) is 7.83. The number of nitrogens with zero attached hydrogens (tertiary/aromatic N) is 2. The number of hydrogen-bond acceptors (Lipinski definition) is 8. The monoisotopic (exact) mass is 572 g/mol. The molecule has 3 unspecified atom stereocenters. The van der Waals surface area contributed by atoms with Crippen molar-refractivity contribution in [3.63, 3.8) is 0 Å². The Kier molecular flexibility index (Phi) is 9.82. The Bertz CT molecular complexity index is 1430. The first-order chi connectivity index (χ1) is 20.1. The molecular weight excluding hydrogens is 540 g/mol. The van der Waals surface area contributed by atoms with E-state index in [1.54, 1.807) is 11.8 Å². The second-order valence-electron chi connectivity index (χ2n) is 9.52. The molecule has 0 radical (unpaired) electrons. The van der Waals surface area contributed by atoms with Gasteiger partial charge in [0.25, 0.3) is 0 Å². The molecule has 9 nitrogen and oxygen atoms in total. The maximum atomic E-state index is 11.8. The van der Waals surface area contributed by atoms with Crippen LogP contribution < -0.4 is 5.32 Å². The molecule has 2 heterocycles. The normalized spacial score (nSPS) is 18.5. The van der Waals surface area contributed by atoms with Gasteiger partial charge in [-0.3, -0.25) is 5.10 Å². The number of alkyl carbamates (subject to hydrolysis) is 1. The van der Waals surface area contributed by atoms with Crippen LogP contribution >= 0.6 is 11.8 Å². The minimum atomic E-state index is -0.573. The van der Waals surface area contributed by atoms with Gasteiger partial charge in [-0.15, -0.1) is 0 Å². The van der Waals surface area contributed by atoms with Gasteiger partial charge in [0, 0.05) is 24.3 Å². The second kappa shape index (κ2) is 14.1. The summed E-state index contributed by atoms with van der Waals surface area (Å²) in [5, 5.41) is 19.8. The van der Waals surface area contributed by atoms with Gasteiger partial charge in [0.05, 0.1) is 18.8 Å². The van der Waals surface area contributed by atoms with Crippen molar-refractivity contribution in [3.05, 3.63) is 114 Å². The van der Waals surface area contributed by atoms with Crippen LogP contribution in [0.15, 0.2) is 96.9 Å². The van der Waals surface area contributed by atoms with Crippen molar-refractivity contribution in [2.45, 2.75) is 43.2 Å². The fourth-order valence-corrected chi connectivity index (χ4v) is 5.34. The molecule has 3 N–H and O–H groups in total. The number of rotatable bonds is 11. The number of aromatic amines is 1. The molecule has 4 aromatic rings. The van der Waals surface area contributed by atoms with Crippen LogP contribution in [0.1, 0.15) is 41.1 Å². The van der Waals surface area contributed by atoms with Crippen molar-refractivity contribution in [3.8, 4) is 11.1 Å². The van der Waals surface area contributed by atoms with E-state index in [9.17, 15) is 9.90 Å². The highest BCUT2D eigenvalue weighted by molar-refractivity contribution is 7.99. The molecule has 0 aliphatic carbocycles. The summed E-state index contributed by atoms with van der Waals surface area (Å²) in [4.78, 5) is 16.0. The number of ether oxygens (including phenoxy) is 3. The number of aromatic nitrogens is 3. The van der Waals surface area contributed by atoms with Crippen LogP contribution in [0, 0.1) is 0 Å². The van der Waals surface area contributed by atoms with Crippen LogP contribution in [-0.4, -0.2) is 44.8 Å². The molecule has 0 bridgehead atoms. The van der Waals surface area contributed by atoms with Gasteiger partial charge in [-0.25, -0.2) is 9.78 Å². The van der Waals surface area contributed by atoms with Gasteiger partial charge in [0.2, 0.25) is 0 Å². The van der Waals surface area contributed by atoms with Crippen LogP contribution in [0.25, 0.3) is 11.1 Å². The van der Waals surface area contributed by atoms with Crippen LogP contribution in [0.5, 0.6) is 0 Å². The highest BCUT2D eigenvalue weighted by Gasteiger charge is 2.32. The molecule has 3 atom stereocenters. The van der Waals surface area contributed by atoms with E-state index in [-0.39, 0.29) is 25.4 Å². The van der Waals surface area contributed by atoms with E-state index < -0.39 is 12.4 Å². The molecule has 1 aliphatic rings. The third-order valence-electron chi connectivity index (χ3n) is 6.60. The maximum Gasteiger partial charge on any atom is 0.407 e. The predicted molar refractivity (Wildman–Crippen MR) is 156 cm³/mol. The molecule has 212 valence electrons. The Hall–Kier alpha value is -3.96. The molecule has 1 saturated heterocycles. The van der Waals surface area contributed by atoms with Crippen LogP contribution in [0.4, 0.5) is 4.79 Å². The number of benzene rings is 3. The van der Waals surface area contributed by atoms with Crippen molar-refractivity contribution in [2.24, 2.45) is 0 Å². The Morgan fingerprint density at radius 3 is 2.63 bits per heavy atom. The van der Waals surface area contributed by atoms with Crippen LogP contribution in [0.2, 0.25) is 0 Å². The first-order valence-electron chi connectivity index (χ1n) is 13.3. The molecule has 1 fully saturated rings. The number of thioether (sulfide) groups is 1. The van der Waals surface area contributed by atoms with Crippen molar-refractivity contribution in [1.82, 2.24) is 20.5 Å². The lowest BCUT2D eigenvalue weighted by molar-refractivity contribution is -0.245. The lowest BCUT2D eigenvalue weighted by Crippen LogP contribution is -2.31. The highest BCUT2D eigenvalue weighted by Crippen LogP contribution is 2.40. The molecule has 41 heavy (non-hydrogen) atoms. The Morgan fingerprint density at radius 1 is 1.07 bits per heavy atom. The molecule has 5 rings (SSSR count). The summed E-state index contributed by atoms with van der Waals surface area (Å²) in [6, 6.07) is 24.0. The van der Waals surface area contributed by atoms with Gasteiger partial charge in [-0.1, -0.05) is 85.1 Å². The standard InChI is InChI=1S/C31H32N4O5S/c1-2-13-38-31(37)32-17-22-5-3-6-24(14-22)25-7-4-8-26(15-25)29-39-27(19-41-30-33-20-34-35-30)16-28(40-29)23-11-9-21(18-36)10-12-23/h2-12,14-15,20,27-29,36H,1,13,16-19H2,(H,32,37)(H,33,34,35). The Labute approximate surface area is 243 Å². The van der Waals surface area contributed by atoms with Crippen molar-refractivity contribution in [1.29, 1.82) is 0 Å². The summed E-state index contributed by atoms with van der Waals surface area (Å²) < 4.78 is 18.0. The fourth-order valence-electron chi connectivity index (χ4n) is 4.54. The smallest absolute Gasteiger partial charge is 0.407 e. The predicted octanol–water partition coefficient (Wildman–Crippen LogP) is 5.71. The number of nitrogens with one attached hydrogen (secondary N) is 2. The quantitative estimate of drug-likeness (QED) is 0.154. The topological polar surface area (TPSA) is 119 Å². The fraction of sp³-hybridized carbons (Fsp3) is 0.258. The van der Waals surface area contributed by atoms with E-state index >= 15 is 0 Å². The number of carbonyl (C=O) groups is 1. The van der Waals surface area contributed by atoms with Gasteiger partial charge >= 0.3 is 6.09 Å². The minimum Gasteiger partial charge on any atom is -0.445 e. The third-order valence-corrected chi connectivity index (χ3v) is 7.61. The molecule has 1 amide bonds. The average Bonchev–Trinajstić information content (AvgIpc) is 3.56. The second-order valence-corrected chi connectivity index (χ2v) is 10.5. The zero-order valence-electron chi connectivity index (χ0n) is 22.4. The number of H-pyrrole nitrogens is 1. The summed E-state index contributed by atoms with van der Waals surface area (Å²) >= 11 is 1.56. The number of carbonyl (C=O) groups excluding carboxylic acids is 1. The summed E-state index contributed by atoms with van der Waals surface area (Å²) in [7, 11) is 0. The van der Waals surface area contributed by atoms with Gasteiger partial charge in [-0.2, -0.15) is 5.10 Å². The van der Waals surface area contributed by atoms with Gasteiger partial charge in [-0.05, 0) is 39.9 Å². The number of aliphatic hydroxyl groups excluding tert-OH is 1. The molecular formula is C31H32N4O5S. The Morgan fingerprint density at radius 2 is 1.88 bits per heavy atom. The summed E-state index contributed by atoms with van der Waals surface area (Å²) in [6.45, 7) is 4.06. The maximum absolute atomic E-state index is 11.8. The molecule has 1 aromatic heterocycles. The first kappa shape index (κ1) is 28.6.